The molecular weight excluding hydrogens is 376 g/mol. The molecule has 1 aliphatic carbocycles. The third-order valence-corrected chi connectivity index (χ3v) is 5.69. The van der Waals surface area contributed by atoms with Crippen molar-refractivity contribution in [3.05, 3.63) is 60.4 Å². The van der Waals surface area contributed by atoms with E-state index in [2.05, 4.69) is 15.2 Å². The first-order valence-corrected chi connectivity index (χ1v) is 10.8. The molecule has 0 bridgehead atoms. The van der Waals surface area contributed by atoms with Crippen molar-refractivity contribution in [1.29, 1.82) is 0 Å². The molecule has 2 amide bonds. The highest BCUT2D eigenvalue weighted by atomic mass is 16.2. The predicted octanol–water partition coefficient (Wildman–Crippen LogP) is 3.38. The topological polar surface area (TPSA) is 76.0 Å². The molecule has 30 heavy (non-hydrogen) atoms. The summed E-state index contributed by atoms with van der Waals surface area (Å²) >= 11 is 0. The molecule has 0 atom stereocenters. The standard InChI is InChI=1S/C24H28N4O2/c29-23(25-16-17-26-24(30)18-8-4-5-9-18)15-14-22-27-20-12-6-7-13-21(20)28(22)19-10-2-1-3-11-19/h1-3,6-7,10-13,18H,4-5,8-9,14-17H2,(H,25,29)(H,26,30). The van der Waals surface area contributed by atoms with Gasteiger partial charge in [0.1, 0.15) is 5.82 Å². The molecule has 0 radical (unpaired) electrons. The maximum absolute atomic E-state index is 12.3. The van der Waals surface area contributed by atoms with Crippen LogP contribution in [-0.4, -0.2) is 34.5 Å². The van der Waals surface area contributed by atoms with Gasteiger partial charge in [-0.1, -0.05) is 43.2 Å². The summed E-state index contributed by atoms with van der Waals surface area (Å²) < 4.78 is 2.12. The molecule has 1 fully saturated rings. The molecule has 2 aromatic carbocycles. The smallest absolute Gasteiger partial charge is 0.223 e. The number of hydrogen-bond acceptors (Lipinski definition) is 3. The highest BCUT2D eigenvalue weighted by Crippen LogP contribution is 2.24. The Balaban J connectivity index is 1.32. The first-order chi connectivity index (χ1) is 14.7. The summed E-state index contributed by atoms with van der Waals surface area (Å²) in [5.41, 5.74) is 3.00. The lowest BCUT2D eigenvalue weighted by Gasteiger charge is -2.11. The number of para-hydroxylation sites is 3. The van der Waals surface area contributed by atoms with Crippen molar-refractivity contribution in [3.63, 3.8) is 0 Å². The van der Waals surface area contributed by atoms with E-state index in [9.17, 15) is 9.59 Å². The second kappa shape index (κ2) is 9.57. The van der Waals surface area contributed by atoms with Gasteiger partial charge in [-0.25, -0.2) is 4.98 Å². The van der Waals surface area contributed by atoms with Crippen molar-refractivity contribution < 1.29 is 9.59 Å². The van der Waals surface area contributed by atoms with Crippen molar-refractivity contribution >= 4 is 22.8 Å². The van der Waals surface area contributed by atoms with E-state index in [0.29, 0.717) is 25.9 Å². The SMILES string of the molecule is O=C(CCc1nc2ccccc2n1-c1ccccc1)NCCNC(=O)C1CCCC1. The van der Waals surface area contributed by atoms with Crippen LogP contribution in [0.2, 0.25) is 0 Å². The maximum Gasteiger partial charge on any atom is 0.223 e. The van der Waals surface area contributed by atoms with E-state index >= 15 is 0 Å². The minimum Gasteiger partial charge on any atom is -0.354 e. The Morgan fingerprint density at radius 3 is 2.43 bits per heavy atom. The number of nitrogens with zero attached hydrogens (tertiary/aromatic N) is 2. The Kier molecular flexibility index (Phi) is 6.42. The fourth-order valence-electron chi connectivity index (χ4n) is 4.14. The highest BCUT2D eigenvalue weighted by Gasteiger charge is 2.22. The Morgan fingerprint density at radius 1 is 0.933 bits per heavy atom. The van der Waals surface area contributed by atoms with Crippen LogP contribution in [0.25, 0.3) is 16.7 Å². The number of amides is 2. The van der Waals surface area contributed by atoms with Crippen LogP contribution in [0.15, 0.2) is 54.6 Å². The lowest BCUT2D eigenvalue weighted by Crippen LogP contribution is -2.37. The van der Waals surface area contributed by atoms with Gasteiger partial charge in [-0.05, 0) is 37.1 Å². The van der Waals surface area contributed by atoms with Crippen LogP contribution in [0, 0.1) is 5.92 Å². The van der Waals surface area contributed by atoms with E-state index in [1.165, 1.54) is 0 Å². The number of aromatic nitrogens is 2. The zero-order valence-electron chi connectivity index (χ0n) is 17.1. The average Bonchev–Trinajstić information content (AvgIpc) is 3.43. The molecule has 0 unspecified atom stereocenters. The van der Waals surface area contributed by atoms with Gasteiger partial charge in [-0.3, -0.25) is 14.2 Å². The van der Waals surface area contributed by atoms with Crippen LogP contribution < -0.4 is 10.6 Å². The fraction of sp³-hybridized carbons (Fsp3) is 0.375. The minimum atomic E-state index is -0.0308. The van der Waals surface area contributed by atoms with E-state index in [1.54, 1.807) is 0 Å². The summed E-state index contributed by atoms with van der Waals surface area (Å²) in [6, 6.07) is 18.1. The van der Waals surface area contributed by atoms with Crippen molar-refractivity contribution in [2.75, 3.05) is 13.1 Å². The molecule has 0 aliphatic heterocycles. The first kappa shape index (κ1) is 20.1. The molecule has 0 spiro atoms. The second-order valence-electron chi connectivity index (χ2n) is 7.81. The lowest BCUT2D eigenvalue weighted by molar-refractivity contribution is -0.125. The van der Waals surface area contributed by atoms with E-state index in [0.717, 1.165) is 48.2 Å². The molecule has 6 heteroatoms. The number of nitrogens with one attached hydrogen (secondary N) is 2. The molecule has 1 aliphatic rings. The van der Waals surface area contributed by atoms with Gasteiger partial charge in [0.25, 0.3) is 0 Å². The third-order valence-electron chi connectivity index (χ3n) is 5.69. The molecule has 6 nitrogen and oxygen atoms in total. The molecular formula is C24H28N4O2. The lowest BCUT2D eigenvalue weighted by atomic mass is 10.1. The summed E-state index contributed by atoms with van der Waals surface area (Å²) in [4.78, 5) is 29.1. The molecule has 4 rings (SSSR count). The Labute approximate surface area is 176 Å². The zero-order chi connectivity index (χ0) is 20.8. The summed E-state index contributed by atoms with van der Waals surface area (Å²) in [5, 5.41) is 5.83. The minimum absolute atomic E-state index is 0.0308. The van der Waals surface area contributed by atoms with Crippen molar-refractivity contribution in [2.45, 2.75) is 38.5 Å². The Bertz CT molecular complexity index is 1010. The molecule has 0 saturated heterocycles. The second-order valence-corrected chi connectivity index (χ2v) is 7.81. The molecule has 2 N–H and O–H groups in total. The number of benzene rings is 2. The summed E-state index contributed by atoms with van der Waals surface area (Å²) in [6.45, 7) is 0.927. The van der Waals surface area contributed by atoms with Crippen molar-refractivity contribution in [2.24, 2.45) is 5.92 Å². The third kappa shape index (κ3) is 4.70. The first-order valence-electron chi connectivity index (χ1n) is 10.8. The van der Waals surface area contributed by atoms with Gasteiger partial charge >= 0.3 is 0 Å². The van der Waals surface area contributed by atoms with Crippen LogP contribution in [0.4, 0.5) is 0 Å². The van der Waals surface area contributed by atoms with Gasteiger partial charge in [0.05, 0.1) is 11.0 Å². The Morgan fingerprint density at radius 2 is 1.63 bits per heavy atom. The van der Waals surface area contributed by atoms with E-state index < -0.39 is 0 Å². The monoisotopic (exact) mass is 404 g/mol. The van der Waals surface area contributed by atoms with Gasteiger partial charge < -0.3 is 10.6 Å². The van der Waals surface area contributed by atoms with Gasteiger partial charge in [0.15, 0.2) is 0 Å². The van der Waals surface area contributed by atoms with Crippen LogP contribution in [0.1, 0.15) is 37.9 Å². The summed E-state index contributed by atoms with van der Waals surface area (Å²) in [6.07, 6.45) is 5.16. The number of hydrogen-bond donors (Lipinski definition) is 2. The van der Waals surface area contributed by atoms with Crippen molar-refractivity contribution in [3.8, 4) is 5.69 Å². The normalized spacial score (nSPS) is 14.1. The van der Waals surface area contributed by atoms with Crippen LogP contribution >= 0.6 is 0 Å². The molecule has 1 aromatic heterocycles. The van der Waals surface area contributed by atoms with Gasteiger partial charge in [0, 0.05) is 37.5 Å². The quantitative estimate of drug-likeness (QED) is 0.565. The molecule has 1 saturated carbocycles. The number of imidazole rings is 1. The van der Waals surface area contributed by atoms with Gasteiger partial charge in [-0.15, -0.1) is 0 Å². The predicted molar refractivity (Wildman–Crippen MR) is 117 cm³/mol. The van der Waals surface area contributed by atoms with Crippen LogP contribution in [0.3, 0.4) is 0 Å². The van der Waals surface area contributed by atoms with Gasteiger partial charge in [0.2, 0.25) is 11.8 Å². The Hall–Kier alpha value is -3.15. The summed E-state index contributed by atoms with van der Waals surface area (Å²) in [7, 11) is 0. The van der Waals surface area contributed by atoms with E-state index in [4.69, 9.17) is 4.98 Å². The number of carbonyl (C=O) groups excluding carboxylic acids is 2. The number of carbonyl (C=O) groups is 2. The highest BCUT2D eigenvalue weighted by molar-refractivity contribution is 5.80. The van der Waals surface area contributed by atoms with E-state index in [1.807, 2.05) is 54.6 Å². The van der Waals surface area contributed by atoms with Crippen molar-refractivity contribution in [1.82, 2.24) is 20.2 Å². The largest absolute Gasteiger partial charge is 0.354 e. The zero-order valence-corrected chi connectivity index (χ0v) is 17.1. The number of aryl methyl sites for hydroxylation is 1. The number of rotatable bonds is 8. The summed E-state index contributed by atoms with van der Waals surface area (Å²) in [5.74, 6) is 1.12. The van der Waals surface area contributed by atoms with Crippen LogP contribution in [-0.2, 0) is 16.0 Å². The molecule has 3 aromatic rings. The maximum atomic E-state index is 12.3. The average molecular weight is 405 g/mol. The molecule has 1 heterocycles. The van der Waals surface area contributed by atoms with Gasteiger partial charge in [-0.2, -0.15) is 0 Å². The number of fused-ring (bicyclic) bond motifs is 1. The van der Waals surface area contributed by atoms with Crippen LogP contribution in [0.5, 0.6) is 0 Å². The molecule has 156 valence electrons. The van der Waals surface area contributed by atoms with E-state index in [-0.39, 0.29) is 17.7 Å². The fourth-order valence-corrected chi connectivity index (χ4v) is 4.14.